The Labute approximate surface area is 196 Å². The molecule has 3 N–H and O–H groups in total. The molecule has 3 rings (SSSR count). The Kier molecular flexibility index (Phi) is 9.40. The predicted molar refractivity (Wildman–Crippen MR) is 125 cm³/mol. The standard InChI is InChI=1S/C24H33N3O5S/c25-24(28)19-22-7-5-20(6-8-22)3-1-2-4-21-9-11-23(12-10-21)33(30,31)27(29)14-13-26-15-17-32-18-16-26/h5-12,29H,1-4,13-19H2,(H2,25,28). The summed E-state index contributed by atoms with van der Waals surface area (Å²) in [6.07, 6.45) is 4.02. The summed E-state index contributed by atoms with van der Waals surface area (Å²) >= 11 is 0. The zero-order valence-corrected chi connectivity index (χ0v) is 19.7. The molecule has 1 aliphatic heterocycles. The third kappa shape index (κ3) is 7.90. The predicted octanol–water partition coefficient (Wildman–Crippen LogP) is 1.99. The number of aryl methyl sites for hydroxylation is 2. The van der Waals surface area contributed by atoms with Crippen molar-refractivity contribution in [3.05, 3.63) is 65.2 Å². The van der Waals surface area contributed by atoms with Crippen LogP contribution in [0.25, 0.3) is 0 Å². The number of carbonyl (C=O) groups is 1. The van der Waals surface area contributed by atoms with Crippen molar-refractivity contribution in [1.29, 1.82) is 0 Å². The van der Waals surface area contributed by atoms with Crippen LogP contribution in [0.2, 0.25) is 0 Å². The van der Waals surface area contributed by atoms with Gasteiger partial charge in [-0.05, 0) is 54.5 Å². The molecule has 0 unspecified atom stereocenters. The Balaban J connectivity index is 1.42. The van der Waals surface area contributed by atoms with E-state index in [1.165, 1.54) is 5.56 Å². The van der Waals surface area contributed by atoms with E-state index >= 15 is 0 Å². The van der Waals surface area contributed by atoms with Crippen LogP contribution in [0.3, 0.4) is 0 Å². The number of rotatable bonds is 12. The van der Waals surface area contributed by atoms with Crippen LogP contribution in [0.5, 0.6) is 0 Å². The third-order valence-electron chi connectivity index (χ3n) is 5.79. The van der Waals surface area contributed by atoms with E-state index in [9.17, 15) is 18.4 Å². The maximum absolute atomic E-state index is 12.6. The lowest BCUT2D eigenvalue weighted by molar-refractivity contribution is -0.117. The summed E-state index contributed by atoms with van der Waals surface area (Å²) in [7, 11) is -3.93. The molecule has 2 aromatic carbocycles. The van der Waals surface area contributed by atoms with Crippen molar-refractivity contribution < 1.29 is 23.2 Å². The van der Waals surface area contributed by atoms with Gasteiger partial charge in [0.05, 0.1) is 31.1 Å². The van der Waals surface area contributed by atoms with Crippen LogP contribution in [-0.2, 0) is 38.8 Å². The molecule has 0 spiro atoms. The molecule has 1 heterocycles. The third-order valence-corrected chi connectivity index (χ3v) is 7.40. The highest BCUT2D eigenvalue weighted by Gasteiger charge is 2.23. The summed E-state index contributed by atoms with van der Waals surface area (Å²) in [6.45, 7) is 3.22. The number of primary amides is 1. The second-order valence-corrected chi connectivity index (χ2v) is 10.2. The van der Waals surface area contributed by atoms with E-state index in [1.54, 1.807) is 24.3 Å². The number of nitrogens with two attached hydrogens (primary N) is 1. The van der Waals surface area contributed by atoms with Gasteiger partial charge < -0.3 is 10.5 Å². The number of amides is 1. The summed E-state index contributed by atoms with van der Waals surface area (Å²) in [5, 5.41) is 10.1. The number of benzene rings is 2. The van der Waals surface area contributed by atoms with Gasteiger partial charge in [0.1, 0.15) is 0 Å². The van der Waals surface area contributed by atoms with E-state index in [0.29, 0.717) is 24.2 Å². The highest BCUT2D eigenvalue weighted by molar-refractivity contribution is 7.89. The van der Waals surface area contributed by atoms with Gasteiger partial charge in [0, 0.05) is 19.6 Å². The number of hydroxylamine groups is 1. The molecule has 0 saturated carbocycles. The smallest absolute Gasteiger partial charge is 0.264 e. The lowest BCUT2D eigenvalue weighted by Crippen LogP contribution is -2.42. The fraction of sp³-hybridized carbons (Fsp3) is 0.458. The van der Waals surface area contributed by atoms with Crippen LogP contribution in [0.4, 0.5) is 0 Å². The number of carbonyl (C=O) groups excluding carboxylic acids is 1. The summed E-state index contributed by atoms with van der Waals surface area (Å²) in [6, 6.07) is 14.6. The minimum Gasteiger partial charge on any atom is -0.379 e. The molecule has 2 aromatic rings. The van der Waals surface area contributed by atoms with Crippen LogP contribution in [-0.4, -0.2) is 68.3 Å². The van der Waals surface area contributed by atoms with Crippen LogP contribution in [0.15, 0.2) is 53.4 Å². The first-order chi connectivity index (χ1) is 15.8. The fourth-order valence-electron chi connectivity index (χ4n) is 3.80. The molecule has 9 heteroatoms. The van der Waals surface area contributed by atoms with Crippen molar-refractivity contribution in [2.75, 3.05) is 39.4 Å². The first-order valence-electron chi connectivity index (χ1n) is 11.3. The number of nitrogens with zero attached hydrogens (tertiary/aromatic N) is 2. The molecule has 33 heavy (non-hydrogen) atoms. The van der Waals surface area contributed by atoms with E-state index in [-0.39, 0.29) is 23.8 Å². The van der Waals surface area contributed by atoms with E-state index in [0.717, 1.165) is 49.9 Å². The monoisotopic (exact) mass is 475 g/mol. The highest BCUT2D eigenvalue weighted by Crippen LogP contribution is 2.17. The summed E-state index contributed by atoms with van der Waals surface area (Å²) < 4.78 is 31.0. The number of unbranched alkanes of at least 4 members (excludes halogenated alkanes) is 1. The van der Waals surface area contributed by atoms with Gasteiger partial charge in [-0.3, -0.25) is 14.9 Å². The lowest BCUT2D eigenvalue weighted by Gasteiger charge is -2.27. The Morgan fingerprint density at radius 2 is 1.45 bits per heavy atom. The fourth-order valence-corrected chi connectivity index (χ4v) is 4.85. The number of hydrogen-bond donors (Lipinski definition) is 2. The van der Waals surface area contributed by atoms with Crippen molar-refractivity contribution in [2.45, 2.75) is 37.0 Å². The van der Waals surface area contributed by atoms with Crippen LogP contribution in [0.1, 0.15) is 29.5 Å². The van der Waals surface area contributed by atoms with Crippen LogP contribution in [0, 0.1) is 0 Å². The number of ether oxygens (including phenoxy) is 1. The molecule has 1 saturated heterocycles. The first-order valence-corrected chi connectivity index (χ1v) is 12.8. The molecule has 0 aromatic heterocycles. The van der Waals surface area contributed by atoms with Gasteiger partial charge in [0.15, 0.2) is 0 Å². The van der Waals surface area contributed by atoms with Gasteiger partial charge in [0.2, 0.25) is 5.91 Å². The lowest BCUT2D eigenvalue weighted by atomic mass is 10.0. The van der Waals surface area contributed by atoms with Gasteiger partial charge in [0.25, 0.3) is 10.0 Å². The molecule has 1 amide bonds. The molecule has 1 fully saturated rings. The minimum absolute atomic E-state index is 0.0214. The van der Waals surface area contributed by atoms with E-state index < -0.39 is 10.0 Å². The molecular formula is C24H33N3O5S. The van der Waals surface area contributed by atoms with Gasteiger partial charge in [-0.15, -0.1) is 0 Å². The summed E-state index contributed by atoms with van der Waals surface area (Å²) in [5.41, 5.74) is 8.40. The summed E-state index contributed by atoms with van der Waals surface area (Å²) in [4.78, 5) is 13.1. The number of sulfonamides is 1. The zero-order valence-electron chi connectivity index (χ0n) is 18.9. The van der Waals surface area contributed by atoms with E-state index in [4.69, 9.17) is 10.5 Å². The first kappa shape index (κ1) is 25.3. The molecule has 0 radical (unpaired) electrons. The van der Waals surface area contributed by atoms with Gasteiger partial charge in [-0.1, -0.05) is 40.9 Å². The van der Waals surface area contributed by atoms with Gasteiger partial charge >= 0.3 is 0 Å². The maximum Gasteiger partial charge on any atom is 0.264 e. The molecule has 8 nitrogen and oxygen atoms in total. The highest BCUT2D eigenvalue weighted by atomic mass is 32.2. The average molecular weight is 476 g/mol. The molecule has 0 bridgehead atoms. The second-order valence-electron chi connectivity index (χ2n) is 8.32. The summed E-state index contributed by atoms with van der Waals surface area (Å²) in [5.74, 6) is -0.332. The Morgan fingerprint density at radius 1 is 0.939 bits per heavy atom. The van der Waals surface area contributed by atoms with Crippen LogP contribution < -0.4 is 5.73 Å². The largest absolute Gasteiger partial charge is 0.379 e. The van der Waals surface area contributed by atoms with Crippen LogP contribution >= 0.6 is 0 Å². The molecular weight excluding hydrogens is 442 g/mol. The number of hydrogen-bond acceptors (Lipinski definition) is 6. The molecule has 0 atom stereocenters. The SMILES string of the molecule is NC(=O)Cc1ccc(CCCCc2ccc(S(=O)(=O)N(O)CCN3CCOCC3)cc2)cc1. The van der Waals surface area contributed by atoms with Crippen molar-refractivity contribution in [2.24, 2.45) is 5.73 Å². The molecule has 0 aliphatic carbocycles. The molecule has 180 valence electrons. The van der Waals surface area contributed by atoms with E-state index in [1.807, 2.05) is 24.3 Å². The van der Waals surface area contributed by atoms with E-state index in [2.05, 4.69) is 4.90 Å². The number of morpholine rings is 1. The maximum atomic E-state index is 12.6. The van der Waals surface area contributed by atoms with Crippen molar-refractivity contribution in [3.63, 3.8) is 0 Å². The van der Waals surface area contributed by atoms with Crippen molar-refractivity contribution in [1.82, 2.24) is 9.37 Å². The zero-order chi connectivity index (χ0) is 23.7. The van der Waals surface area contributed by atoms with Crippen molar-refractivity contribution in [3.8, 4) is 0 Å². The minimum atomic E-state index is -3.93. The van der Waals surface area contributed by atoms with Crippen molar-refractivity contribution >= 4 is 15.9 Å². The normalized spacial score (nSPS) is 15.1. The Morgan fingerprint density at radius 3 is 2.00 bits per heavy atom. The quantitative estimate of drug-likeness (QED) is 0.359. The molecule has 1 aliphatic rings. The Hall–Kier alpha value is -2.30. The average Bonchev–Trinajstić information content (AvgIpc) is 2.82. The Bertz CT molecular complexity index is 988. The second kappa shape index (κ2) is 12.2. The van der Waals surface area contributed by atoms with Gasteiger partial charge in [-0.2, -0.15) is 0 Å². The topological polar surface area (TPSA) is 113 Å². The van der Waals surface area contributed by atoms with Gasteiger partial charge in [-0.25, -0.2) is 8.42 Å².